The number of halogens is 2. The molecule has 0 saturated heterocycles. The van der Waals surface area contributed by atoms with E-state index in [0.29, 0.717) is 22.9 Å². The summed E-state index contributed by atoms with van der Waals surface area (Å²) in [4.78, 5) is 36.1. The Hall–Kier alpha value is -4.24. The predicted octanol–water partition coefficient (Wildman–Crippen LogP) is 4.39. The van der Waals surface area contributed by atoms with Crippen LogP contribution in [-0.2, 0) is 20.9 Å². The summed E-state index contributed by atoms with van der Waals surface area (Å²) in [5.74, 6) is -1.97. The fraction of sp³-hybridized carbons (Fsp3) is 0.185. The Bertz CT molecular complexity index is 1300. The highest BCUT2D eigenvalue weighted by Crippen LogP contribution is 2.19. The van der Waals surface area contributed by atoms with Crippen LogP contribution in [0, 0.1) is 5.82 Å². The number of hydrogen-bond acceptors (Lipinski definition) is 5. The minimum atomic E-state index is -0.903. The molecule has 0 aliphatic carbocycles. The van der Waals surface area contributed by atoms with Gasteiger partial charge in [-0.3, -0.25) is 14.4 Å². The Kier molecular flexibility index (Phi) is 9.74. The first-order chi connectivity index (χ1) is 17.7. The Morgan fingerprint density at radius 3 is 2.49 bits per heavy atom. The van der Waals surface area contributed by atoms with Crippen LogP contribution in [0.4, 0.5) is 10.1 Å². The van der Waals surface area contributed by atoms with Gasteiger partial charge in [-0.15, -0.1) is 0 Å². The zero-order chi connectivity index (χ0) is 26.8. The maximum absolute atomic E-state index is 13.2. The Labute approximate surface area is 218 Å². The normalized spacial score (nSPS) is 10.8. The average molecular weight is 525 g/mol. The molecule has 3 aromatic carbocycles. The summed E-state index contributed by atoms with van der Waals surface area (Å²) >= 11 is 5.70. The number of benzene rings is 3. The molecule has 0 heterocycles. The number of carbonyl (C=O) groups is 3. The maximum atomic E-state index is 13.2. The zero-order valence-corrected chi connectivity index (χ0v) is 21.0. The number of nitrogens with zero attached hydrogens (tertiary/aromatic N) is 1. The van der Waals surface area contributed by atoms with Gasteiger partial charge in [0.05, 0.1) is 11.2 Å². The highest BCUT2D eigenvalue weighted by molar-refractivity contribution is 6.35. The molecular formula is C27H26ClFN4O4. The molecule has 0 aliphatic rings. The van der Waals surface area contributed by atoms with E-state index in [1.807, 2.05) is 24.3 Å². The quantitative estimate of drug-likeness (QED) is 0.219. The average Bonchev–Trinajstić information content (AvgIpc) is 2.88. The molecule has 0 radical (unpaired) electrons. The van der Waals surface area contributed by atoms with Crippen LogP contribution in [0.2, 0.25) is 5.02 Å². The number of amides is 3. The van der Waals surface area contributed by atoms with E-state index in [0.717, 1.165) is 11.6 Å². The summed E-state index contributed by atoms with van der Waals surface area (Å²) in [6.07, 6.45) is 1.34. The van der Waals surface area contributed by atoms with Gasteiger partial charge in [-0.1, -0.05) is 61.8 Å². The Balaban J connectivity index is 1.43. The van der Waals surface area contributed by atoms with Crippen molar-refractivity contribution in [2.45, 2.75) is 26.3 Å². The van der Waals surface area contributed by atoms with Crippen molar-refractivity contribution in [2.24, 2.45) is 5.10 Å². The number of carbonyl (C=O) groups excluding carboxylic acids is 3. The number of ether oxygens (including phenoxy) is 1. The first-order valence-corrected chi connectivity index (χ1v) is 11.8. The summed E-state index contributed by atoms with van der Waals surface area (Å²) in [6.45, 7) is 4.11. The molecule has 0 aliphatic heterocycles. The lowest BCUT2D eigenvalue weighted by molar-refractivity contribution is -0.139. The third-order valence-electron chi connectivity index (χ3n) is 5.12. The van der Waals surface area contributed by atoms with Gasteiger partial charge in [-0.2, -0.15) is 5.10 Å². The third kappa shape index (κ3) is 8.73. The van der Waals surface area contributed by atoms with Crippen molar-refractivity contribution in [3.8, 4) is 5.75 Å². The fourth-order valence-corrected chi connectivity index (χ4v) is 3.28. The molecule has 3 N–H and O–H groups in total. The van der Waals surface area contributed by atoms with Crippen molar-refractivity contribution in [3.63, 3.8) is 0 Å². The van der Waals surface area contributed by atoms with Crippen LogP contribution in [0.15, 0.2) is 71.8 Å². The van der Waals surface area contributed by atoms with Gasteiger partial charge >= 0.3 is 11.8 Å². The topological polar surface area (TPSA) is 109 Å². The van der Waals surface area contributed by atoms with Gasteiger partial charge in [-0.25, -0.2) is 9.82 Å². The lowest BCUT2D eigenvalue weighted by Crippen LogP contribution is -2.37. The molecule has 8 nitrogen and oxygen atoms in total. The van der Waals surface area contributed by atoms with Gasteiger partial charge < -0.3 is 15.4 Å². The van der Waals surface area contributed by atoms with Crippen LogP contribution in [0.5, 0.6) is 5.75 Å². The SMILES string of the molecule is CC(C)c1ccc(CNC(=O)C(=O)N/N=C\c2cccc(OCC(=O)Nc3ccc(F)c(Cl)c3)c2)cc1. The van der Waals surface area contributed by atoms with Crippen molar-refractivity contribution in [2.75, 3.05) is 11.9 Å². The van der Waals surface area contributed by atoms with E-state index in [-0.39, 0.29) is 18.2 Å². The van der Waals surface area contributed by atoms with E-state index in [9.17, 15) is 18.8 Å². The molecule has 10 heteroatoms. The van der Waals surface area contributed by atoms with Gasteiger partial charge in [0.1, 0.15) is 11.6 Å². The van der Waals surface area contributed by atoms with E-state index >= 15 is 0 Å². The minimum Gasteiger partial charge on any atom is -0.484 e. The smallest absolute Gasteiger partial charge is 0.329 e. The molecule has 0 aromatic heterocycles. The van der Waals surface area contributed by atoms with Crippen LogP contribution in [0.3, 0.4) is 0 Å². The van der Waals surface area contributed by atoms with Gasteiger partial charge in [-0.05, 0) is 52.9 Å². The second kappa shape index (κ2) is 13.2. The highest BCUT2D eigenvalue weighted by Gasteiger charge is 2.12. The summed E-state index contributed by atoms with van der Waals surface area (Å²) < 4.78 is 18.7. The van der Waals surface area contributed by atoms with E-state index < -0.39 is 23.5 Å². The molecule has 3 rings (SSSR count). The lowest BCUT2D eigenvalue weighted by atomic mass is 10.0. The lowest BCUT2D eigenvalue weighted by Gasteiger charge is -2.08. The number of rotatable bonds is 9. The molecule has 3 aromatic rings. The number of hydrazone groups is 1. The van der Waals surface area contributed by atoms with Gasteiger partial charge in [0.2, 0.25) is 0 Å². The first kappa shape index (κ1) is 27.3. The van der Waals surface area contributed by atoms with Crippen LogP contribution in [0.25, 0.3) is 0 Å². The standard InChI is InChI=1S/C27H26ClFN4O4/c1-17(2)20-8-6-18(7-9-20)14-30-26(35)27(36)33-31-15-19-4-3-5-22(12-19)37-16-25(34)32-21-10-11-24(29)23(28)13-21/h3-13,15,17H,14,16H2,1-2H3,(H,30,35)(H,32,34)(H,33,36)/b31-15-. The van der Waals surface area contributed by atoms with Gasteiger partial charge in [0, 0.05) is 12.2 Å². The largest absolute Gasteiger partial charge is 0.484 e. The van der Waals surface area contributed by atoms with Gasteiger partial charge in [0.25, 0.3) is 5.91 Å². The summed E-state index contributed by atoms with van der Waals surface area (Å²) in [6, 6.07) is 18.2. The van der Waals surface area contributed by atoms with Crippen LogP contribution in [-0.4, -0.2) is 30.5 Å². The van der Waals surface area contributed by atoms with Crippen molar-refractivity contribution in [1.29, 1.82) is 0 Å². The fourth-order valence-electron chi connectivity index (χ4n) is 3.10. The Morgan fingerprint density at radius 1 is 1.03 bits per heavy atom. The van der Waals surface area contributed by atoms with Gasteiger partial charge in [0.15, 0.2) is 6.61 Å². The molecule has 0 bridgehead atoms. The van der Waals surface area contributed by atoms with Crippen LogP contribution < -0.4 is 20.8 Å². The summed E-state index contributed by atoms with van der Waals surface area (Å²) in [5.41, 5.74) is 5.14. The zero-order valence-electron chi connectivity index (χ0n) is 20.3. The van der Waals surface area contributed by atoms with E-state index in [1.54, 1.807) is 24.3 Å². The first-order valence-electron chi connectivity index (χ1n) is 11.4. The van der Waals surface area contributed by atoms with Crippen molar-refractivity contribution in [1.82, 2.24) is 10.7 Å². The third-order valence-corrected chi connectivity index (χ3v) is 5.41. The van der Waals surface area contributed by atoms with E-state index in [4.69, 9.17) is 16.3 Å². The molecule has 0 fully saturated rings. The van der Waals surface area contributed by atoms with E-state index in [2.05, 4.69) is 35.0 Å². The summed E-state index contributed by atoms with van der Waals surface area (Å²) in [5, 5.41) is 8.79. The van der Waals surface area contributed by atoms with Crippen LogP contribution in [0.1, 0.15) is 36.5 Å². The van der Waals surface area contributed by atoms with Crippen molar-refractivity contribution in [3.05, 3.63) is 94.3 Å². The molecule has 0 saturated carbocycles. The highest BCUT2D eigenvalue weighted by atomic mass is 35.5. The molecule has 0 spiro atoms. The molecule has 0 atom stereocenters. The number of hydrogen-bond donors (Lipinski definition) is 3. The van der Waals surface area contributed by atoms with Crippen LogP contribution >= 0.6 is 11.6 Å². The molecule has 37 heavy (non-hydrogen) atoms. The molecular weight excluding hydrogens is 499 g/mol. The second-order valence-electron chi connectivity index (χ2n) is 8.32. The van der Waals surface area contributed by atoms with E-state index in [1.165, 1.54) is 23.9 Å². The minimum absolute atomic E-state index is 0.105. The Morgan fingerprint density at radius 2 is 1.78 bits per heavy atom. The molecule has 0 unspecified atom stereocenters. The summed E-state index contributed by atoms with van der Waals surface area (Å²) in [7, 11) is 0. The predicted molar refractivity (Wildman–Crippen MR) is 140 cm³/mol. The second-order valence-corrected chi connectivity index (χ2v) is 8.72. The molecule has 3 amide bonds. The number of anilines is 1. The van der Waals surface area contributed by atoms with Crippen molar-refractivity contribution >= 4 is 41.2 Å². The number of nitrogens with one attached hydrogen (secondary N) is 3. The maximum Gasteiger partial charge on any atom is 0.329 e. The molecule has 192 valence electrons. The monoisotopic (exact) mass is 524 g/mol. The van der Waals surface area contributed by atoms with Crippen molar-refractivity contribution < 1.29 is 23.5 Å².